The molecule has 0 saturated carbocycles. The summed E-state index contributed by atoms with van der Waals surface area (Å²) in [4.78, 5) is 15.4. The Balaban J connectivity index is 1.63. The molecule has 0 bridgehead atoms. The number of nitrogens with one attached hydrogen (secondary N) is 1. The molecule has 0 fully saturated rings. The second-order valence-electron chi connectivity index (χ2n) is 7.31. The highest BCUT2D eigenvalue weighted by atomic mass is 35.5. The van der Waals surface area contributed by atoms with E-state index in [-0.39, 0.29) is 12.1 Å². The molecule has 3 aromatic carbocycles. The Morgan fingerprint density at radius 2 is 1.70 bits per heavy atom. The number of rotatable bonds is 2. The number of benzene rings is 3. The Morgan fingerprint density at radius 3 is 2.53 bits per heavy atom. The Labute approximate surface area is 180 Å². The minimum atomic E-state index is -0.229. The molecule has 1 aliphatic rings. The number of urea groups is 1. The van der Waals surface area contributed by atoms with E-state index in [1.807, 2.05) is 53.4 Å². The summed E-state index contributed by atoms with van der Waals surface area (Å²) in [7, 11) is 0. The third-order valence-corrected chi connectivity index (χ3v) is 5.65. The molecule has 148 valence electrons. The molecule has 4 nitrogen and oxygen atoms in total. The summed E-state index contributed by atoms with van der Waals surface area (Å²) >= 11 is 6.12. The van der Waals surface area contributed by atoms with E-state index in [1.54, 1.807) is 12.1 Å². The highest BCUT2D eigenvalue weighted by molar-refractivity contribution is 6.30. The van der Waals surface area contributed by atoms with Crippen LogP contribution in [-0.4, -0.2) is 15.5 Å². The summed E-state index contributed by atoms with van der Waals surface area (Å²) < 4.78 is 2.18. The first-order chi connectivity index (χ1) is 14.7. The lowest BCUT2D eigenvalue weighted by Gasteiger charge is -2.31. The molecule has 1 aliphatic heterocycles. The Kier molecular flexibility index (Phi) is 4.77. The maximum absolute atomic E-state index is 13.5. The minimum Gasteiger partial charge on any atom is -0.318 e. The van der Waals surface area contributed by atoms with Crippen LogP contribution in [0.5, 0.6) is 0 Å². The van der Waals surface area contributed by atoms with Gasteiger partial charge in [0.2, 0.25) is 0 Å². The van der Waals surface area contributed by atoms with Crippen molar-refractivity contribution in [2.45, 2.75) is 12.6 Å². The standard InChI is InChI=1S/C25H20ClN3O/c26-20-11-6-12-21(16-20)27-25(30)29-17-19-10-4-5-13-22(19)28-15-7-14-23(28)24(29)18-8-2-1-3-9-18/h1-16,24H,17H2,(H,27,30). The largest absolute Gasteiger partial charge is 0.322 e. The van der Waals surface area contributed by atoms with Crippen LogP contribution in [0.4, 0.5) is 10.5 Å². The molecule has 2 amide bonds. The zero-order valence-corrected chi connectivity index (χ0v) is 17.0. The van der Waals surface area contributed by atoms with Crippen LogP contribution >= 0.6 is 11.6 Å². The second kappa shape index (κ2) is 7.73. The molecule has 0 saturated heterocycles. The highest BCUT2D eigenvalue weighted by Gasteiger charge is 2.32. The second-order valence-corrected chi connectivity index (χ2v) is 7.75. The van der Waals surface area contributed by atoms with Gasteiger partial charge < -0.3 is 14.8 Å². The minimum absolute atomic E-state index is 0.171. The van der Waals surface area contributed by atoms with Crippen LogP contribution in [-0.2, 0) is 6.54 Å². The van der Waals surface area contributed by atoms with Crippen molar-refractivity contribution >= 4 is 23.3 Å². The lowest BCUT2D eigenvalue weighted by Crippen LogP contribution is -2.37. The molecule has 1 atom stereocenters. The summed E-state index contributed by atoms with van der Waals surface area (Å²) in [5, 5.41) is 3.61. The van der Waals surface area contributed by atoms with Gasteiger partial charge in [-0.05, 0) is 47.5 Å². The van der Waals surface area contributed by atoms with Gasteiger partial charge in [0.1, 0.15) is 0 Å². The SMILES string of the molecule is O=C(Nc1cccc(Cl)c1)N1Cc2ccccc2-n2cccc2C1c1ccccc1. The van der Waals surface area contributed by atoms with E-state index in [2.05, 4.69) is 46.4 Å². The van der Waals surface area contributed by atoms with E-state index >= 15 is 0 Å². The van der Waals surface area contributed by atoms with E-state index < -0.39 is 0 Å². The molecule has 0 spiro atoms. The zero-order valence-electron chi connectivity index (χ0n) is 16.2. The third kappa shape index (κ3) is 3.36. The molecule has 0 aliphatic carbocycles. The Hall–Kier alpha value is -3.50. The number of halogens is 1. The average molecular weight is 414 g/mol. The number of nitrogens with zero attached hydrogens (tertiary/aromatic N) is 2. The van der Waals surface area contributed by atoms with E-state index in [4.69, 9.17) is 11.6 Å². The molecule has 1 N–H and O–H groups in total. The molecule has 0 radical (unpaired) electrons. The van der Waals surface area contributed by atoms with Crippen molar-refractivity contribution in [3.8, 4) is 5.69 Å². The zero-order chi connectivity index (χ0) is 20.5. The average Bonchev–Trinajstić information content (AvgIpc) is 3.18. The molecule has 1 unspecified atom stereocenters. The van der Waals surface area contributed by atoms with Crippen molar-refractivity contribution < 1.29 is 4.79 Å². The first kappa shape index (κ1) is 18.5. The van der Waals surface area contributed by atoms with E-state index in [1.165, 1.54) is 0 Å². The summed E-state index contributed by atoms with van der Waals surface area (Å²) in [6.07, 6.45) is 2.06. The number of aromatic nitrogens is 1. The van der Waals surface area contributed by atoms with Crippen LogP contribution in [0.3, 0.4) is 0 Å². The molecule has 30 heavy (non-hydrogen) atoms. The van der Waals surface area contributed by atoms with Gasteiger partial charge >= 0.3 is 6.03 Å². The van der Waals surface area contributed by atoms with E-state index in [9.17, 15) is 4.79 Å². The smallest absolute Gasteiger partial charge is 0.318 e. The monoisotopic (exact) mass is 413 g/mol. The van der Waals surface area contributed by atoms with Gasteiger partial charge in [-0.2, -0.15) is 0 Å². The van der Waals surface area contributed by atoms with Gasteiger partial charge in [0, 0.05) is 22.6 Å². The van der Waals surface area contributed by atoms with Crippen molar-refractivity contribution in [3.63, 3.8) is 0 Å². The summed E-state index contributed by atoms with van der Waals surface area (Å²) in [6, 6.07) is 29.3. The van der Waals surface area contributed by atoms with Gasteiger partial charge in [0.15, 0.2) is 0 Å². The molecule has 5 heteroatoms. The van der Waals surface area contributed by atoms with Gasteiger partial charge in [-0.1, -0.05) is 66.2 Å². The van der Waals surface area contributed by atoms with Gasteiger partial charge in [-0.25, -0.2) is 4.79 Å². The van der Waals surface area contributed by atoms with Gasteiger partial charge in [0.05, 0.1) is 18.3 Å². The van der Waals surface area contributed by atoms with Crippen LogP contribution in [0.25, 0.3) is 5.69 Å². The number of fused-ring (bicyclic) bond motifs is 3. The lowest BCUT2D eigenvalue weighted by atomic mass is 10.0. The Bertz CT molecular complexity index is 1200. The highest BCUT2D eigenvalue weighted by Crippen LogP contribution is 2.36. The molecule has 2 heterocycles. The topological polar surface area (TPSA) is 37.3 Å². The van der Waals surface area contributed by atoms with Crippen molar-refractivity contribution in [2.75, 3.05) is 5.32 Å². The van der Waals surface area contributed by atoms with Crippen LogP contribution in [0.2, 0.25) is 5.02 Å². The van der Waals surface area contributed by atoms with E-state index in [0.717, 1.165) is 22.5 Å². The molecular weight excluding hydrogens is 394 g/mol. The molecule has 1 aromatic heterocycles. The first-order valence-corrected chi connectivity index (χ1v) is 10.2. The summed E-state index contributed by atoms with van der Waals surface area (Å²) in [5.74, 6) is 0. The first-order valence-electron chi connectivity index (χ1n) is 9.84. The van der Waals surface area contributed by atoms with Crippen LogP contribution < -0.4 is 5.32 Å². The molecular formula is C25H20ClN3O. The Morgan fingerprint density at radius 1 is 0.900 bits per heavy atom. The molecule has 4 aromatic rings. The predicted molar refractivity (Wildman–Crippen MR) is 120 cm³/mol. The fourth-order valence-electron chi connectivity index (χ4n) is 4.09. The fraction of sp³-hybridized carbons (Fsp3) is 0.0800. The maximum atomic E-state index is 13.5. The maximum Gasteiger partial charge on any atom is 0.322 e. The van der Waals surface area contributed by atoms with E-state index in [0.29, 0.717) is 17.3 Å². The number of anilines is 1. The number of para-hydroxylation sites is 1. The number of hydrogen-bond acceptors (Lipinski definition) is 1. The normalized spacial score (nSPS) is 15.1. The number of hydrogen-bond donors (Lipinski definition) is 1. The third-order valence-electron chi connectivity index (χ3n) is 5.42. The van der Waals surface area contributed by atoms with Gasteiger partial charge in [0.25, 0.3) is 0 Å². The fourth-order valence-corrected chi connectivity index (χ4v) is 4.28. The summed E-state index contributed by atoms with van der Waals surface area (Å²) in [5.41, 5.74) is 4.97. The lowest BCUT2D eigenvalue weighted by molar-refractivity contribution is 0.194. The quantitative estimate of drug-likeness (QED) is 0.413. The molecule has 5 rings (SSSR count). The summed E-state index contributed by atoms with van der Waals surface area (Å²) in [6.45, 7) is 0.490. The van der Waals surface area contributed by atoms with Crippen molar-refractivity contribution in [1.82, 2.24) is 9.47 Å². The number of amides is 2. The van der Waals surface area contributed by atoms with Crippen molar-refractivity contribution in [1.29, 1.82) is 0 Å². The van der Waals surface area contributed by atoms with Crippen molar-refractivity contribution in [3.05, 3.63) is 119 Å². The number of carbonyl (C=O) groups excluding carboxylic acids is 1. The van der Waals surface area contributed by atoms with Crippen LogP contribution in [0, 0.1) is 0 Å². The number of carbonyl (C=O) groups is 1. The van der Waals surface area contributed by atoms with Crippen LogP contribution in [0.15, 0.2) is 97.2 Å². The predicted octanol–water partition coefficient (Wildman–Crippen LogP) is 6.27. The van der Waals surface area contributed by atoms with Crippen molar-refractivity contribution in [2.24, 2.45) is 0 Å². The van der Waals surface area contributed by atoms with Gasteiger partial charge in [-0.3, -0.25) is 0 Å². The van der Waals surface area contributed by atoms with Crippen LogP contribution in [0.1, 0.15) is 22.9 Å². The van der Waals surface area contributed by atoms with Gasteiger partial charge in [-0.15, -0.1) is 0 Å².